The lowest BCUT2D eigenvalue weighted by atomic mass is 9.95. The van der Waals surface area contributed by atoms with E-state index < -0.39 is 10.0 Å². The van der Waals surface area contributed by atoms with Crippen LogP contribution in [-0.2, 0) is 14.8 Å². The van der Waals surface area contributed by atoms with Gasteiger partial charge in [0.15, 0.2) is 0 Å². The topological polar surface area (TPSA) is 59.1 Å². The normalized spacial score (nSPS) is 26.2. The smallest absolute Gasteiger partial charge is 0.243 e. The number of ether oxygens (including phenoxy) is 2. The number of fused-ring (bicyclic) bond motifs is 1. The van der Waals surface area contributed by atoms with Gasteiger partial charge in [-0.05, 0) is 79.0 Å². The molecular formula is C28H30ClFN2O4S. The molecule has 0 radical (unpaired) electrons. The SMILES string of the molecule is O=S(=O)(c1cccc(Oc2ccc(Cl)cc2)c1)N1CC2C(CC3=C(F)C(N4CCOCC4)=CCC3)C2C1. The minimum atomic E-state index is -3.63. The van der Waals surface area contributed by atoms with E-state index in [4.69, 9.17) is 21.1 Å². The number of sulfonamides is 1. The number of rotatable bonds is 7. The highest BCUT2D eigenvalue weighted by Gasteiger charge is 2.57. The van der Waals surface area contributed by atoms with E-state index in [1.807, 2.05) is 6.08 Å². The van der Waals surface area contributed by atoms with Crippen molar-refractivity contribution >= 4 is 21.6 Å². The first kappa shape index (κ1) is 24.9. The number of hydrogen-bond acceptors (Lipinski definition) is 5. The van der Waals surface area contributed by atoms with Gasteiger partial charge in [0.2, 0.25) is 10.0 Å². The molecule has 6 nitrogen and oxygen atoms in total. The molecule has 2 unspecified atom stereocenters. The van der Waals surface area contributed by atoms with E-state index >= 15 is 4.39 Å². The highest BCUT2D eigenvalue weighted by atomic mass is 35.5. The van der Waals surface area contributed by atoms with E-state index in [9.17, 15) is 8.42 Å². The zero-order chi connectivity index (χ0) is 25.6. The number of nitrogens with zero attached hydrogens (tertiary/aromatic N) is 2. The summed E-state index contributed by atoms with van der Waals surface area (Å²) in [4.78, 5) is 2.31. The third-order valence-corrected chi connectivity index (χ3v) is 10.1. The van der Waals surface area contributed by atoms with E-state index in [1.165, 1.54) is 0 Å². The standard InChI is InChI=1S/C28H30ClFN2O4S/c29-20-7-9-21(10-8-20)36-22-4-2-5-23(16-22)37(33,34)32-17-25-24(26(25)18-32)15-19-3-1-6-27(28(19)30)31-11-13-35-14-12-31/h2,4-10,16,24-26H,1,3,11-15,17-18H2. The Morgan fingerprint density at radius 2 is 1.76 bits per heavy atom. The van der Waals surface area contributed by atoms with Crippen molar-refractivity contribution in [2.45, 2.75) is 24.2 Å². The maximum atomic E-state index is 15.4. The van der Waals surface area contributed by atoms with E-state index in [0.717, 1.165) is 43.6 Å². The van der Waals surface area contributed by atoms with Crippen molar-refractivity contribution in [3.8, 4) is 11.5 Å². The van der Waals surface area contributed by atoms with Crippen molar-refractivity contribution in [1.29, 1.82) is 0 Å². The molecule has 196 valence electrons. The minimum absolute atomic E-state index is 0.0693. The third kappa shape index (κ3) is 5.04. The van der Waals surface area contributed by atoms with Gasteiger partial charge in [-0.3, -0.25) is 0 Å². The largest absolute Gasteiger partial charge is 0.457 e. The van der Waals surface area contributed by atoms with Crippen molar-refractivity contribution < 1.29 is 22.3 Å². The second kappa shape index (κ2) is 10.1. The maximum Gasteiger partial charge on any atom is 0.243 e. The summed E-state index contributed by atoms with van der Waals surface area (Å²) in [7, 11) is -3.63. The summed E-state index contributed by atoms with van der Waals surface area (Å²) in [5.74, 6) is 1.91. The predicted octanol–water partition coefficient (Wildman–Crippen LogP) is 5.62. The molecule has 3 fully saturated rings. The summed E-state index contributed by atoms with van der Waals surface area (Å²) in [6.45, 7) is 3.68. The van der Waals surface area contributed by atoms with Crippen LogP contribution in [0.3, 0.4) is 0 Å². The van der Waals surface area contributed by atoms with Gasteiger partial charge in [0.05, 0.1) is 23.8 Å². The second-order valence-electron chi connectivity index (χ2n) is 10.2. The number of benzene rings is 2. The van der Waals surface area contributed by atoms with Gasteiger partial charge in [0.25, 0.3) is 0 Å². The van der Waals surface area contributed by atoms with Crippen LogP contribution in [0.5, 0.6) is 11.5 Å². The molecule has 1 saturated carbocycles. The Balaban J connectivity index is 1.09. The number of halogens is 2. The van der Waals surface area contributed by atoms with Gasteiger partial charge in [-0.2, -0.15) is 4.31 Å². The molecule has 2 aromatic rings. The van der Waals surface area contributed by atoms with E-state index in [-0.39, 0.29) is 10.7 Å². The molecule has 2 atom stereocenters. The molecule has 6 rings (SSSR count). The fourth-order valence-corrected chi connectivity index (χ4v) is 7.58. The molecule has 2 saturated heterocycles. The van der Waals surface area contributed by atoms with Gasteiger partial charge in [-0.1, -0.05) is 23.7 Å². The Morgan fingerprint density at radius 3 is 2.49 bits per heavy atom. The van der Waals surface area contributed by atoms with Crippen molar-refractivity contribution in [2.75, 3.05) is 39.4 Å². The van der Waals surface area contributed by atoms with Gasteiger partial charge >= 0.3 is 0 Å². The Bertz CT molecular complexity index is 1330. The van der Waals surface area contributed by atoms with Crippen LogP contribution in [0.15, 0.2) is 76.6 Å². The Labute approximate surface area is 222 Å². The second-order valence-corrected chi connectivity index (χ2v) is 12.6. The van der Waals surface area contributed by atoms with Crippen LogP contribution in [0.4, 0.5) is 4.39 Å². The average Bonchev–Trinajstić information content (AvgIpc) is 3.33. The Morgan fingerprint density at radius 1 is 1.03 bits per heavy atom. The molecule has 0 bridgehead atoms. The van der Waals surface area contributed by atoms with Crippen LogP contribution in [0.25, 0.3) is 0 Å². The molecule has 4 aliphatic rings. The predicted molar refractivity (Wildman–Crippen MR) is 140 cm³/mol. The van der Waals surface area contributed by atoms with Crippen LogP contribution in [0, 0.1) is 17.8 Å². The Hall–Kier alpha value is -2.39. The van der Waals surface area contributed by atoms with Crippen LogP contribution < -0.4 is 4.74 Å². The number of piperidine rings is 1. The zero-order valence-corrected chi connectivity index (χ0v) is 22.1. The Kier molecular flexibility index (Phi) is 6.77. The fourth-order valence-electron chi connectivity index (χ4n) is 5.91. The van der Waals surface area contributed by atoms with Gasteiger partial charge < -0.3 is 14.4 Å². The summed E-state index contributed by atoms with van der Waals surface area (Å²) < 4.78 is 54.9. The van der Waals surface area contributed by atoms with Crippen molar-refractivity contribution in [2.24, 2.45) is 17.8 Å². The van der Waals surface area contributed by atoms with E-state index in [2.05, 4.69) is 4.90 Å². The summed E-state index contributed by atoms with van der Waals surface area (Å²) >= 11 is 5.93. The quantitative estimate of drug-likeness (QED) is 0.452. The van der Waals surface area contributed by atoms with Crippen molar-refractivity contribution in [3.63, 3.8) is 0 Å². The molecule has 0 spiro atoms. The summed E-state index contributed by atoms with van der Waals surface area (Å²) in [5, 5.41) is 0.603. The van der Waals surface area contributed by atoms with E-state index in [0.29, 0.717) is 60.6 Å². The molecule has 0 amide bonds. The van der Waals surface area contributed by atoms with E-state index in [1.54, 1.807) is 52.8 Å². The molecule has 9 heteroatoms. The lowest BCUT2D eigenvalue weighted by molar-refractivity contribution is 0.0530. The molecule has 2 heterocycles. The van der Waals surface area contributed by atoms with Gasteiger partial charge in [-0.25, -0.2) is 12.8 Å². The van der Waals surface area contributed by atoms with Crippen molar-refractivity contribution in [3.05, 3.63) is 76.7 Å². The zero-order valence-electron chi connectivity index (χ0n) is 20.5. The van der Waals surface area contributed by atoms with Crippen LogP contribution >= 0.6 is 11.6 Å². The summed E-state index contributed by atoms with van der Waals surface area (Å²) in [5.41, 5.74) is 1.62. The molecule has 37 heavy (non-hydrogen) atoms. The summed E-state index contributed by atoms with van der Waals surface area (Å²) in [6.07, 6.45) is 4.34. The lowest BCUT2D eigenvalue weighted by Gasteiger charge is -2.32. The number of allylic oxidation sites excluding steroid dienone is 3. The first-order valence-electron chi connectivity index (χ1n) is 12.8. The summed E-state index contributed by atoms with van der Waals surface area (Å²) in [6, 6.07) is 13.5. The highest BCUT2D eigenvalue weighted by molar-refractivity contribution is 7.89. The van der Waals surface area contributed by atoms with Crippen LogP contribution in [0.2, 0.25) is 5.02 Å². The van der Waals surface area contributed by atoms with Gasteiger partial charge in [-0.15, -0.1) is 0 Å². The minimum Gasteiger partial charge on any atom is -0.457 e. The fraction of sp³-hybridized carbons (Fsp3) is 0.429. The van der Waals surface area contributed by atoms with Crippen LogP contribution in [0.1, 0.15) is 19.3 Å². The van der Waals surface area contributed by atoms with Gasteiger partial charge in [0, 0.05) is 37.3 Å². The lowest BCUT2D eigenvalue weighted by Crippen LogP contribution is -2.36. The number of hydrogen-bond donors (Lipinski definition) is 0. The van der Waals surface area contributed by atoms with Gasteiger partial charge in [0.1, 0.15) is 17.3 Å². The maximum absolute atomic E-state index is 15.4. The third-order valence-electron chi connectivity index (χ3n) is 7.98. The molecule has 0 N–H and O–H groups in total. The van der Waals surface area contributed by atoms with Crippen LogP contribution in [-0.4, -0.2) is 57.0 Å². The average molecular weight is 545 g/mol. The molecule has 2 aliphatic heterocycles. The molecule has 2 aromatic carbocycles. The molecular weight excluding hydrogens is 515 g/mol. The monoisotopic (exact) mass is 544 g/mol. The molecule has 2 aliphatic carbocycles. The highest BCUT2D eigenvalue weighted by Crippen LogP contribution is 2.56. The molecule has 0 aromatic heterocycles. The number of morpholine rings is 1. The first-order chi connectivity index (χ1) is 17.9. The first-order valence-corrected chi connectivity index (χ1v) is 14.7. The van der Waals surface area contributed by atoms with Crippen molar-refractivity contribution in [1.82, 2.24) is 9.21 Å².